The lowest BCUT2D eigenvalue weighted by Gasteiger charge is -1.92. The maximum atomic E-state index is 11.0. The molecule has 2 rings (SSSR count). The van der Waals surface area contributed by atoms with Gasteiger partial charge in [0.05, 0.1) is 11.8 Å². The van der Waals surface area contributed by atoms with E-state index in [2.05, 4.69) is 10.1 Å². The molecule has 0 unspecified atom stereocenters. The van der Waals surface area contributed by atoms with Gasteiger partial charge >= 0.3 is 5.97 Å². The van der Waals surface area contributed by atoms with Crippen LogP contribution in [-0.4, -0.2) is 31.6 Å². The number of ketones is 1. The molecule has 0 atom stereocenters. The van der Waals surface area contributed by atoms with E-state index in [1.54, 1.807) is 5.38 Å². The molecule has 0 saturated heterocycles. The molecule has 0 aliphatic rings. The number of carbonyl (C=O) groups excluding carboxylic acids is 1. The summed E-state index contributed by atoms with van der Waals surface area (Å²) in [5.74, 6) is -0.773. The molecule has 2 aromatic heterocycles. The maximum absolute atomic E-state index is 11.0. The van der Waals surface area contributed by atoms with Crippen LogP contribution in [0.3, 0.4) is 0 Å². The lowest BCUT2D eigenvalue weighted by atomic mass is 10.3. The van der Waals surface area contributed by atoms with E-state index in [4.69, 9.17) is 5.11 Å². The van der Waals surface area contributed by atoms with Crippen molar-refractivity contribution < 1.29 is 14.7 Å². The highest BCUT2D eigenvalue weighted by Gasteiger charge is 2.11. The second-order valence-corrected chi connectivity index (χ2v) is 3.90. The van der Waals surface area contributed by atoms with Crippen molar-refractivity contribution in [2.75, 3.05) is 0 Å². The molecule has 2 aromatic rings. The number of Topliss-reactive ketones (excluding diaryl/α,β-unsaturated/α-hetero) is 1. The zero-order valence-electron chi connectivity index (χ0n) is 8.25. The molecule has 2 heterocycles. The molecule has 0 spiro atoms. The Morgan fingerprint density at radius 1 is 1.50 bits per heavy atom. The summed E-state index contributed by atoms with van der Waals surface area (Å²) in [4.78, 5) is 25.5. The smallest absolute Gasteiger partial charge is 0.365 e. The Hall–Kier alpha value is -2.02. The largest absolute Gasteiger partial charge is 0.476 e. The minimum atomic E-state index is -1.07. The van der Waals surface area contributed by atoms with Crippen molar-refractivity contribution in [3.8, 4) is 5.82 Å². The van der Waals surface area contributed by atoms with Crippen molar-refractivity contribution in [1.82, 2.24) is 14.8 Å². The highest BCUT2D eigenvalue weighted by Crippen LogP contribution is 2.13. The molecule has 0 amide bonds. The average Bonchev–Trinajstić information content (AvgIpc) is 2.86. The SMILES string of the molecule is CC(=O)c1cnn(-c2csc(C(=O)O)n2)c1. The van der Waals surface area contributed by atoms with E-state index in [1.165, 1.54) is 24.0 Å². The van der Waals surface area contributed by atoms with Gasteiger partial charge in [0.2, 0.25) is 5.01 Å². The van der Waals surface area contributed by atoms with Crippen LogP contribution >= 0.6 is 11.3 Å². The van der Waals surface area contributed by atoms with Crippen molar-refractivity contribution in [3.05, 3.63) is 28.3 Å². The molecule has 0 aliphatic heterocycles. The van der Waals surface area contributed by atoms with Gasteiger partial charge in [0.25, 0.3) is 0 Å². The number of thiazole rings is 1. The summed E-state index contributed by atoms with van der Waals surface area (Å²) in [6.07, 6.45) is 2.94. The van der Waals surface area contributed by atoms with Crippen LogP contribution in [0.15, 0.2) is 17.8 Å². The summed E-state index contributed by atoms with van der Waals surface area (Å²) in [6, 6.07) is 0. The van der Waals surface area contributed by atoms with Crippen LogP contribution in [0, 0.1) is 0 Å². The molecule has 6 nitrogen and oxygen atoms in total. The maximum Gasteiger partial charge on any atom is 0.365 e. The lowest BCUT2D eigenvalue weighted by Crippen LogP contribution is -1.98. The Balaban J connectivity index is 2.35. The molecule has 0 fully saturated rings. The van der Waals surface area contributed by atoms with E-state index in [1.807, 2.05) is 0 Å². The van der Waals surface area contributed by atoms with E-state index in [0.717, 1.165) is 11.3 Å². The molecule has 0 saturated carbocycles. The summed E-state index contributed by atoms with van der Waals surface area (Å²) < 4.78 is 1.37. The van der Waals surface area contributed by atoms with Gasteiger partial charge in [-0.25, -0.2) is 14.5 Å². The van der Waals surface area contributed by atoms with Crippen LogP contribution in [0.1, 0.15) is 27.1 Å². The third kappa shape index (κ3) is 1.84. The number of aromatic nitrogens is 3. The fourth-order valence-electron chi connectivity index (χ4n) is 1.10. The van der Waals surface area contributed by atoms with Crippen molar-refractivity contribution in [3.63, 3.8) is 0 Å². The number of rotatable bonds is 3. The fraction of sp³-hybridized carbons (Fsp3) is 0.111. The fourth-order valence-corrected chi connectivity index (χ4v) is 1.72. The van der Waals surface area contributed by atoms with Gasteiger partial charge in [-0.2, -0.15) is 5.10 Å². The van der Waals surface area contributed by atoms with Crippen molar-refractivity contribution >= 4 is 23.1 Å². The topological polar surface area (TPSA) is 85.1 Å². The summed E-state index contributed by atoms with van der Waals surface area (Å²) in [5, 5.41) is 14.2. The standard InChI is InChI=1S/C9H7N3O3S/c1-5(13)6-2-10-12(3-6)7-4-16-8(11-7)9(14)15/h2-4H,1H3,(H,14,15). The minimum Gasteiger partial charge on any atom is -0.476 e. The quantitative estimate of drug-likeness (QED) is 0.811. The van der Waals surface area contributed by atoms with Crippen LogP contribution < -0.4 is 0 Å². The van der Waals surface area contributed by atoms with E-state index in [-0.39, 0.29) is 10.8 Å². The molecule has 1 N–H and O–H groups in total. The lowest BCUT2D eigenvalue weighted by molar-refractivity contribution is 0.0696. The predicted octanol–water partition coefficient (Wildman–Crippen LogP) is 1.23. The first-order chi connectivity index (χ1) is 7.58. The zero-order valence-corrected chi connectivity index (χ0v) is 9.06. The molecule has 7 heteroatoms. The molecule has 0 aromatic carbocycles. The van der Waals surface area contributed by atoms with Crippen LogP contribution in [0.25, 0.3) is 5.82 Å². The van der Waals surface area contributed by atoms with Gasteiger partial charge in [0.15, 0.2) is 11.6 Å². The van der Waals surface area contributed by atoms with Crippen molar-refractivity contribution in [2.45, 2.75) is 6.92 Å². The van der Waals surface area contributed by atoms with E-state index >= 15 is 0 Å². The second-order valence-electron chi connectivity index (χ2n) is 3.05. The van der Waals surface area contributed by atoms with Crippen LogP contribution in [0.4, 0.5) is 0 Å². The molecule has 82 valence electrons. The summed E-state index contributed by atoms with van der Waals surface area (Å²) in [6.45, 7) is 1.44. The van der Waals surface area contributed by atoms with Crippen LogP contribution in [0.2, 0.25) is 0 Å². The number of hydrogen-bond donors (Lipinski definition) is 1. The van der Waals surface area contributed by atoms with Gasteiger partial charge in [-0.05, 0) is 6.92 Å². The first-order valence-electron chi connectivity index (χ1n) is 4.32. The molecule has 0 radical (unpaired) electrons. The first kappa shape index (κ1) is 10.5. The van der Waals surface area contributed by atoms with Crippen LogP contribution in [-0.2, 0) is 0 Å². The summed E-state index contributed by atoms with van der Waals surface area (Å²) in [7, 11) is 0. The number of hydrogen-bond acceptors (Lipinski definition) is 5. The second kappa shape index (κ2) is 3.86. The average molecular weight is 237 g/mol. The molecule has 0 bridgehead atoms. The predicted molar refractivity (Wildman–Crippen MR) is 56.2 cm³/mol. The van der Waals surface area contributed by atoms with E-state index in [0.29, 0.717) is 11.4 Å². The van der Waals surface area contributed by atoms with Gasteiger partial charge in [0, 0.05) is 11.6 Å². The number of carboxylic acids is 1. The van der Waals surface area contributed by atoms with Gasteiger partial charge in [-0.1, -0.05) is 0 Å². The van der Waals surface area contributed by atoms with E-state index in [9.17, 15) is 9.59 Å². The zero-order chi connectivity index (χ0) is 11.7. The molecule has 16 heavy (non-hydrogen) atoms. The van der Waals surface area contributed by atoms with Gasteiger partial charge in [-0.15, -0.1) is 11.3 Å². The van der Waals surface area contributed by atoms with Gasteiger partial charge < -0.3 is 5.11 Å². The molecular weight excluding hydrogens is 230 g/mol. The van der Waals surface area contributed by atoms with Crippen LogP contribution in [0.5, 0.6) is 0 Å². The number of nitrogens with zero attached hydrogens (tertiary/aromatic N) is 3. The Morgan fingerprint density at radius 3 is 2.75 bits per heavy atom. The number of carbonyl (C=O) groups is 2. The van der Waals surface area contributed by atoms with Gasteiger partial charge in [0.1, 0.15) is 0 Å². The number of carboxylic acid groups (broad SMARTS) is 1. The third-order valence-electron chi connectivity index (χ3n) is 1.90. The van der Waals surface area contributed by atoms with Gasteiger partial charge in [-0.3, -0.25) is 4.79 Å². The minimum absolute atomic E-state index is 0.00475. The highest BCUT2D eigenvalue weighted by molar-refractivity contribution is 7.11. The Labute approximate surface area is 94.2 Å². The Morgan fingerprint density at radius 2 is 2.25 bits per heavy atom. The molecule has 0 aliphatic carbocycles. The Bertz CT molecular complexity index is 508. The van der Waals surface area contributed by atoms with Crippen molar-refractivity contribution in [2.24, 2.45) is 0 Å². The van der Waals surface area contributed by atoms with Crippen molar-refractivity contribution in [1.29, 1.82) is 0 Å². The monoisotopic (exact) mass is 237 g/mol. The molecular formula is C9H7N3O3S. The Kier molecular flexibility index (Phi) is 2.53. The van der Waals surface area contributed by atoms with E-state index < -0.39 is 5.97 Å². The highest BCUT2D eigenvalue weighted by atomic mass is 32.1. The summed E-state index contributed by atoms with van der Waals surface area (Å²) >= 11 is 1.01. The summed E-state index contributed by atoms with van der Waals surface area (Å²) in [5.41, 5.74) is 0.463. The first-order valence-corrected chi connectivity index (χ1v) is 5.20. The third-order valence-corrected chi connectivity index (χ3v) is 2.72. The normalized spacial score (nSPS) is 10.3. The number of aromatic carboxylic acids is 1.